The molecule has 0 aromatic heterocycles. The summed E-state index contributed by atoms with van der Waals surface area (Å²) in [5.41, 5.74) is 4.87. The number of hydrogen-bond acceptors (Lipinski definition) is 4. The molecule has 2 heterocycles. The molecule has 0 saturated carbocycles. The van der Waals surface area contributed by atoms with E-state index in [-0.39, 0.29) is 6.09 Å². The lowest BCUT2D eigenvalue weighted by Crippen LogP contribution is -2.44. The van der Waals surface area contributed by atoms with E-state index in [0.29, 0.717) is 19.7 Å². The van der Waals surface area contributed by atoms with Crippen LogP contribution in [0.4, 0.5) is 10.5 Å². The molecule has 2 aromatic rings. The van der Waals surface area contributed by atoms with Crippen LogP contribution in [-0.4, -0.2) is 55.7 Å². The number of likely N-dealkylation sites (N-methyl/N-ethyl adjacent to an activating group) is 1. The summed E-state index contributed by atoms with van der Waals surface area (Å²) in [6.07, 6.45) is 0.660. The van der Waals surface area contributed by atoms with Crippen LogP contribution in [0.3, 0.4) is 0 Å². The van der Waals surface area contributed by atoms with Gasteiger partial charge in [0.2, 0.25) is 0 Å². The van der Waals surface area contributed by atoms with Crippen molar-refractivity contribution in [3.05, 3.63) is 65.2 Å². The van der Waals surface area contributed by atoms with E-state index in [1.54, 1.807) is 0 Å². The number of nitrogens with zero attached hydrogens (tertiary/aromatic N) is 3. The molecular weight excluding hydrogens is 338 g/mol. The Morgan fingerprint density at radius 1 is 0.963 bits per heavy atom. The molecule has 4 rings (SSSR count). The average molecular weight is 365 g/mol. The quantitative estimate of drug-likeness (QED) is 0.837. The molecule has 2 aliphatic heterocycles. The molecule has 5 nitrogen and oxygen atoms in total. The largest absolute Gasteiger partial charge is 0.445 e. The second-order valence-corrected chi connectivity index (χ2v) is 7.46. The third kappa shape index (κ3) is 4.25. The Morgan fingerprint density at radius 2 is 1.74 bits per heavy atom. The van der Waals surface area contributed by atoms with Crippen molar-refractivity contribution >= 4 is 11.8 Å². The van der Waals surface area contributed by atoms with Crippen molar-refractivity contribution in [3.8, 4) is 0 Å². The molecule has 142 valence electrons. The summed E-state index contributed by atoms with van der Waals surface area (Å²) < 4.78 is 5.51. The van der Waals surface area contributed by atoms with Gasteiger partial charge in [-0.05, 0) is 42.3 Å². The molecule has 5 heteroatoms. The third-order valence-corrected chi connectivity index (χ3v) is 5.53. The number of rotatable bonds is 3. The lowest BCUT2D eigenvalue weighted by atomic mass is 9.99. The molecule has 0 bridgehead atoms. The standard InChI is InChI=1S/C22H27N3O2/c1-23-11-13-24(14-12-23)21-8-7-19-9-10-25(16-20(19)15-21)22(26)27-17-18-5-3-2-4-6-18/h2-8,15H,9-14,16-17H2,1H3. The Balaban J connectivity index is 1.39. The van der Waals surface area contributed by atoms with E-state index in [1.807, 2.05) is 35.2 Å². The number of anilines is 1. The van der Waals surface area contributed by atoms with E-state index in [4.69, 9.17) is 4.74 Å². The number of carbonyl (C=O) groups excluding carboxylic acids is 1. The number of hydrogen-bond donors (Lipinski definition) is 0. The van der Waals surface area contributed by atoms with Crippen LogP contribution in [0.1, 0.15) is 16.7 Å². The highest BCUT2D eigenvalue weighted by molar-refractivity contribution is 5.68. The van der Waals surface area contributed by atoms with Gasteiger partial charge >= 0.3 is 6.09 Å². The minimum Gasteiger partial charge on any atom is -0.445 e. The van der Waals surface area contributed by atoms with E-state index in [1.165, 1.54) is 16.8 Å². The molecule has 0 aliphatic carbocycles. The Morgan fingerprint density at radius 3 is 2.52 bits per heavy atom. The fourth-order valence-electron chi connectivity index (χ4n) is 3.77. The zero-order valence-corrected chi connectivity index (χ0v) is 15.9. The minimum atomic E-state index is -0.227. The van der Waals surface area contributed by atoms with Gasteiger partial charge in [-0.25, -0.2) is 4.79 Å². The van der Waals surface area contributed by atoms with Gasteiger partial charge in [0, 0.05) is 45.0 Å². The summed E-state index contributed by atoms with van der Waals surface area (Å²) in [6, 6.07) is 16.5. The number of piperazine rings is 1. The summed E-state index contributed by atoms with van der Waals surface area (Å²) >= 11 is 0. The lowest BCUT2D eigenvalue weighted by Gasteiger charge is -2.35. The zero-order chi connectivity index (χ0) is 18.6. The summed E-state index contributed by atoms with van der Waals surface area (Å²) in [6.45, 7) is 5.96. The van der Waals surface area contributed by atoms with Crippen molar-refractivity contribution < 1.29 is 9.53 Å². The second-order valence-electron chi connectivity index (χ2n) is 7.46. The maximum Gasteiger partial charge on any atom is 0.410 e. The summed E-state index contributed by atoms with van der Waals surface area (Å²) in [5, 5.41) is 0. The number of amides is 1. The van der Waals surface area contributed by atoms with Crippen LogP contribution in [0.2, 0.25) is 0 Å². The van der Waals surface area contributed by atoms with Gasteiger partial charge in [-0.3, -0.25) is 0 Å². The normalized spacial score (nSPS) is 17.5. The fraction of sp³-hybridized carbons (Fsp3) is 0.409. The Labute approximate surface area is 161 Å². The van der Waals surface area contributed by atoms with Crippen LogP contribution < -0.4 is 4.90 Å². The van der Waals surface area contributed by atoms with E-state index in [2.05, 4.69) is 35.0 Å². The van der Waals surface area contributed by atoms with Crippen LogP contribution >= 0.6 is 0 Å². The molecule has 0 unspecified atom stereocenters. The first kappa shape index (κ1) is 17.9. The summed E-state index contributed by atoms with van der Waals surface area (Å²) in [7, 11) is 2.17. The van der Waals surface area contributed by atoms with Gasteiger partial charge in [-0.2, -0.15) is 0 Å². The van der Waals surface area contributed by atoms with Crippen molar-refractivity contribution in [2.75, 3.05) is 44.7 Å². The summed E-state index contributed by atoms with van der Waals surface area (Å²) in [4.78, 5) is 19.1. The van der Waals surface area contributed by atoms with Gasteiger partial charge in [0.25, 0.3) is 0 Å². The van der Waals surface area contributed by atoms with Gasteiger partial charge in [0.05, 0.1) is 0 Å². The van der Waals surface area contributed by atoms with Crippen LogP contribution in [-0.2, 0) is 24.3 Å². The first-order valence-electron chi connectivity index (χ1n) is 9.70. The van der Waals surface area contributed by atoms with Crippen LogP contribution in [0.5, 0.6) is 0 Å². The fourth-order valence-corrected chi connectivity index (χ4v) is 3.77. The van der Waals surface area contributed by atoms with E-state index >= 15 is 0 Å². The lowest BCUT2D eigenvalue weighted by molar-refractivity contribution is 0.0918. The van der Waals surface area contributed by atoms with E-state index in [9.17, 15) is 4.79 Å². The van der Waals surface area contributed by atoms with Gasteiger partial charge in [-0.15, -0.1) is 0 Å². The highest BCUT2D eigenvalue weighted by atomic mass is 16.6. The van der Waals surface area contributed by atoms with Crippen molar-refractivity contribution in [2.24, 2.45) is 0 Å². The van der Waals surface area contributed by atoms with Crippen LogP contribution in [0.15, 0.2) is 48.5 Å². The number of benzene rings is 2. The molecule has 0 atom stereocenters. The van der Waals surface area contributed by atoms with Crippen molar-refractivity contribution in [2.45, 2.75) is 19.6 Å². The first-order valence-corrected chi connectivity index (χ1v) is 9.70. The molecular formula is C22H27N3O2. The molecule has 0 radical (unpaired) electrons. The SMILES string of the molecule is CN1CCN(c2ccc3c(c2)CN(C(=O)OCc2ccccc2)CC3)CC1. The molecule has 1 fully saturated rings. The smallest absolute Gasteiger partial charge is 0.410 e. The third-order valence-electron chi connectivity index (χ3n) is 5.53. The minimum absolute atomic E-state index is 0.227. The van der Waals surface area contributed by atoms with Crippen molar-refractivity contribution in [1.82, 2.24) is 9.80 Å². The highest BCUT2D eigenvalue weighted by Crippen LogP contribution is 2.26. The van der Waals surface area contributed by atoms with E-state index < -0.39 is 0 Å². The predicted octanol–water partition coefficient (Wildman–Crippen LogP) is 3.13. The van der Waals surface area contributed by atoms with Gasteiger partial charge < -0.3 is 19.4 Å². The number of fused-ring (bicyclic) bond motifs is 1. The van der Waals surface area contributed by atoms with Crippen molar-refractivity contribution in [1.29, 1.82) is 0 Å². The molecule has 27 heavy (non-hydrogen) atoms. The Kier molecular flexibility index (Phi) is 5.30. The molecule has 2 aliphatic rings. The summed E-state index contributed by atoms with van der Waals surface area (Å²) in [5.74, 6) is 0. The predicted molar refractivity (Wildman–Crippen MR) is 107 cm³/mol. The topological polar surface area (TPSA) is 36.0 Å². The van der Waals surface area contributed by atoms with Gasteiger partial charge in [-0.1, -0.05) is 36.4 Å². The van der Waals surface area contributed by atoms with Crippen LogP contribution in [0, 0.1) is 0 Å². The second kappa shape index (κ2) is 8.01. The monoisotopic (exact) mass is 365 g/mol. The maximum absolute atomic E-state index is 12.5. The molecule has 1 saturated heterocycles. The highest BCUT2D eigenvalue weighted by Gasteiger charge is 2.23. The Bertz CT molecular complexity index is 785. The molecule has 1 amide bonds. The molecule has 2 aromatic carbocycles. The first-order chi connectivity index (χ1) is 13.2. The number of ether oxygens (including phenoxy) is 1. The van der Waals surface area contributed by atoms with Crippen LogP contribution in [0.25, 0.3) is 0 Å². The van der Waals surface area contributed by atoms with Crippen molar-refractivity contribution in [3.63, 3.8) is 0 Å². The maximum atomic E-state index is 12.5. The van der Waals surface area contributed by atoms with E-state index in [0.717, 1.165) is 38.2 Å². The van der Waals surface area contributed by atoms with Gasteiger partial charge in [0.15, 0.2) is 0 Å². The number of carbonyl (C=O) groups is 1. The van der Waals surface area contributed by atoms with Gasteiger partial charge in [0.1, 0.15) is 6.61 Å². The zero-order valence-electron chi connectivity index (χ0n) is 15.9. The Hall–Kier alpha value is -2.53. The molecule has 0 spiro atoms. The molecule has 0 N–H and O–H groups in total. The average Bonchev–Trinajstić information content (AvgIpc) is 2.72.